The van der Waals surface area contributed by atoms with Gasteiger partial charge in [0.1, 0.15) is 5.01 Å². The van der Waals surface area contributed by atoms with Crippen LogP contribution in [0.1, 0.15) is 32.2 Å². The van der Waals surface area contributed by atoms with Crippen molar-refractivity contribution < 1.29 is 4.79 Å². The van der Waals surface area contributed by atoms with E-state index in [9.17, 15) is 4.79 Å². The second-order valence-corrected chi connectivity index (χ2v) is 7.31. The molecule has 2 unspecified atom stereocenters. The van der Waals surface area contributed by atoms with E-state index in [1.165, 1.54) is 0 Å². The van der Waals surface area contributed by atoms with Gasteiger partial charge in [0, 0.05) is 5.25 Å². The molecular weight excluding hydrogens is 268 g/mol. The van der Waals surface area contributed by atoms with Crippen molar-refractivity contribution in [2.24, 2.45) is 5.73 Å². The summed E-state index contributed by atoms with van der Waals surface area (Å²) < 4.78 is 0.934. The first-order chi connectivity index (χ1) is 8.37. The van der Waals surface area contributed by atoms with Gasteiger partial charge in [0.15, 0.2) is 4.34 Å². The van der Waals surface area contributed by atoms with E-state index in [4.69, 9.17) is 5.73 Å². The lowest BCUT2D eigenvalue weighted by Crippen LogP contribution is -2.54. The second kappa shape index (κ2) is 6.49. The number of aromatic nitrogens is 2. The Balaban J connectivity index is 2.61. The zero-order valence-electron chi connectivity index (χ0n) is 11.2. The lowest BCUT2D eigenvalue weighted by molar-refractivity contribution is -0.124. The Hall–Kier alpha value is -0.660. The van der Waals surface area contributed by atoms with Crippen LogP contribution < -0.4 is 11.1 Å². The Kier molecular flexibility index (Phi) is 5.55. The number of rotatable bonds is 7. The Bertz CT molecular complexity index is 410. The summed E-state index contributed by atoms with van der Waals surface area (Å²) in [6, 6.07) is 0. The molecule has 1 rings (SSSR count). The lowest BCUT2D eigenvalue weighted by Gasteiger charge is -2.29. The van der Waals surface area contributed by atoms with Gasteiger partial charge >= 0.3 is 0 Å². The monoisotopic (exact) mass is 288 g/mol. The van der Waals surface area contributed by atoms with E-state index >= 15 is 0 Å². The third kappa shape index (κ3) is 4.22. The van der Waals surface area contributed by atoms with Crippen LogP contribution in [0.5, 0.6) is 0 Å². The normalized spacial score (nSPS) is 16.2. The van der Waals surface area contributed by atoms with Crippen LogP contribution in [0.25, 0.3) is 0 Å². The van der Waals surface area contributed by atoms with Crippen molar-refractivity contribution in [3.05, 3.63) is 5.01 Å². The Morgan fingerprint density at radius 3 is 2.72 bits per heavy atom. The van der Waals surface area contributed by atoms with Crippen LogP contribution in [0, 0.1) is 6.92 Å². The topological polar surface area (TPSA) is 80.9 Å². The molecule has 1 amide bonds. The fourth-order valence-electron chi connectivity index (χ4n) is 1.76. The van der Waals surface area contributed by atoms with Gasteiger partial charge in [-0.15, -0.1) is 10.2 Å². The summed E-state index contributed by atoms with van der Waals surface area (Å²) in [5, 5.41) is 12.4. The van der Waals surface area contributed by atoms with Crippen LogP contribution in [0.4, 0.5) is 0 Å². The smallest absolute Gasteiger partial charge is 0.237 e. The van der Waals surface area contributed by atoms with Gasteiger partial charge in [-0.1, -0.05) is 36.9 Å². The fraction of sp³-hybridized carbons (Fsp3) is 0.727. The van der Waals surface area contributed by atoms with Gasteiger partial charge < -0.3 is 11.1 Å². The maximum Gasteiger partial charge on any atom is 0.237 e. The van der Waals surface area contributed by atoms with E-state index in [0.29, 0.717) is 6.42 Å². The molecule has 18 heavy (non-hydrogen) atoms. The third-order valence-electron chi connectivity index (χ3n) is 2.62. The first kappa shape index (κ1) is 15.4. The summed E-state index contributed by atoms with van der Waals surface area (Å²) in [5.41, 5.74) is 4.80. The highest BCUT2D eigenvalue weighted by Gasteiger charge is 2.32. The highest BCUT2D eigenvalue weighted by Crippen LogP contribution is 2.30. The van der Waals surface area contributed by atoms with Crippen molar-refractivity contribution in [1.82, 2.24) is 15.5 Å². The first-order valence-corrected chi connectivity index (χ1v) is 7.58. The van der Waals surface area contributed by atoms with E-state index in [-0.39, 0.29) is 11.2 Å². The van der Waals surface area contributed by atoms with E-state index in [0.717, 1.165) is 15.9 Å². The summed E-state index contributed by atoms with van der Waals surface area (Å²) in [5.74, 6) is -0.315. The number of aryl methyl sites for hydroxylation is 1. The summed E-state index contributed by atoms with van der Waals surface area (Å²) in [6.07, 6.45) is 0.666. The molecule has 0 aromatic carbocycles. The number of hydrogen-bond donors (Lipinski definition) is 2. The predicted octanol–water partition coefficient (Wildman–Crippen LogP) is 1.57. The van der Waals surface area contributed by atoms with Crippen LogP contribution in [0.2, 0.25) is 0 Å². The van der Waals surface area contributed by atoms with E-state index in [1.54, 1.807) is 23.1 Å². The molecule has 1 aromatic rings. The number of carbonyl (C=O) groups excluding carboxylic acids is 1. The quantitative estimate of drug-likeness (QED) is 0.744. The first-order valence-electron chi connectivity index (χ1n) is 5.89. The highest BCUT2D eigenvalue weighted by atomic mass is 32.2. The molecule has 102 valence electrons. The van der Waals surface area contributed by atoms with Crippen molar-refractivity contribution in [3.63, 3.8) is 0 Å². The number of nitrogens with one attached hydrogen (secondary N) is 1. The minimum Gasteiger partial charge on any atom is -0.368 e. The molecule has 0 aliphatic heterocycles. The number of primary amides is 1. The molecule has 1 heterocycles. The Morgan fingerprint density at radius 1 is 1.61 bits per heavy atom. The standard InChI is InChI=1S/C11H20N4OS2/c1-5-13-11(4,9(12)16)6-7(2)17-10-15-14-8(3)18-10/h7,13H,5-6H2,1-4H3,(H2,12,16). The van der Waals surface area contributed by atoms with Crippen LogP contribution in [0.3, 0.4) is 0 Å². The van der Waals surface area contributed by atoms with Gasteiger partial charge in [-0.3, -0.25) is 4.79 Å². The summed E-state index contributed by atoms with van der Waals surface area (Å²) in [6.45, 7) is 8.53. The number of amides is 1. The molecule has 5 nitrogen and oxygen atoms in total. The zero-order chi connectivity index (χ0) is 13.8. The zero-order valence-corrected chi connectivity index (χ0v) is 12.8. The molecule has 1 aromatic heterocycles. The molecule has 0 bridgehead atoms. The van der Waals surface area contributed by atoms with Gasteiger partial charge in [0.25, 0.3) is 0 Å². The summed E-state index contributed by atoms with van der Waals surface area (Å²) in [4.78, 5) is 11.5. The van der Waals surface area contributed by atoms with E-state index in [2.05, 4.69) is 22.4 Å². The van der Waals surface area contributed by atoms with Crippen molar-refractivity contribution in [2.45, 2.75) is 49.2 Å². The molecule has 2 atom stereocenters. The molecule has 0 fully saturated rings. The van der Waals surface area contributed by atoms with Crippen LogP contribution in [-0.2, 0) is 4.79 Å². The van der Waals surface area contributed by atoms with Gasteiger partial charge in [-0.2, -0.15) is 0 Å². The van der Waals surface area contributed by atoms with Crippen molar-refractivity contribution in [3.8, 4) is 0 Å². The van der Waals surface area contributed by atoms with Crippen molar-refractivity contribution >= 4 is 29.0 Å². The van der Waals surface area contributed by atoms with Crippen molar-refractivity contribution in [2.75, 3.05) is 6.54 Å². The SMILES string of the molecule is CCNC(C)(CC(C)Sc1nnc(C)s1)C(N)=O. The predicted molar refractivity (Wildman–Crippen MR) is 75.9 cm³/mol. The van der Waals surface area contributed by atoms with Crippen LogP contribution >= 0.6 is 23.1 Å². The average Bonchev–Trinajstić information content (AvgIpc) is 2.63. The number of likely N-dealkylation sites (N-methyl/N-ethyl adjacent to an activating group) is 1. The fourth-order valence-corrected chi connectivity index (χ4v) is 4.08. The largest absolute Gasteiger partial charge is 0.368 e. The number of hydrogen-bond acceptors (Lipinski definition) is 6. The Morgan fingerprint density at radius 2 is 2.28 bits per heavy atom. The molecule has 0 saturated heterocycles. The summed E-state index contributed by atoms with van der Waals surface area (Å²) >= 11 is 3.20. The third-order valence-corrected chi connectivity index (χ3v) is 4.64. The molecule has 7 heteroatoms. The van der Waals surface area contributed by atoms with Crippen molar-refractivity contribution in [1.29, 1.82) is 0 Å². The molecule has 0 spiro atoms. The maximum atomic E-state index is 11.5. The average molecular weight is 288 g/mol. The van der Waals surface area contributed by atoms with Gasteiger partial charge in [0.2, 0.25) is 5.91 Å². The molecule has 0 saturated carbocycles. The van der Waals surface area contributed by atoms with Crippen LogP contribution in [-0.4, -0.2) is 33.4 Å². The van der Waals surface area contributed by atoms with Crippen LogP contribution in [0.15, 0.2) is 4.34 Å². The molecule has 3 N–H and O–H groups in total. The number of carbonyl (C=O) groups is 1. The summed E-state index contributed by atoms with van der Waals surface area (Å²) in [7, 11) is 0. The number of thioether (sulfide) groups is 1. The van der Waals surface area contributed by atoms with E-state index < -0.39 is 5.54 Å². The van der Waals surface area contributed by atoms with Gasteiger partial charge in [-0.05, 0) is 26.8 Å². The maximum absolute atomic E-state index is 11.5. The molecule has 0 aliphatic rings. The van der Waals surface area contributed by atoms with Gasteiger partial charge in [0.05, 0.1) is 5.54 Å². The molecule has 0 aliphatic carbocycles. The van der Waals surface area contributed by atoms with Gasteiger partial charge in [-0.25, -0.2) is 0 Å². The van der Waals surface area contributed by atoms with E-state index in [1.807, 2.05) is 20.8 Å². The lowest BCUT2D eigenvalue weighted by atomic mass is 9.95. The highest BCUT2D eigenvalue weighted by molar-refractivity contribution is 8.01. The molecule has 0 radical (unpaired) electrons. The Labute approximate surface area is 116 Å². The number of nitrogens with zero attached hydrogens (tertiary/aromatic N) is 2. The molecular formula is C11H20N4OS2. The second-order valence-electron chi connectivity index (χ2n) is 4.45. The minimum atomic E-state index is -0.666. The minimum absolute atomic E-state index is 0.244. The number of nitrogens with two attached hydrogens (primary N) is 1.